The number of hydrogen-bond acceptors (Lipinski definition) is 6. The summed E-state index contributed by atoms with van der Waals surface area (Å²) in [6, 6.07) is 28.0. The number of nitro benzene ring substituents is 1. The maximum Gasteiger partial charge on any atom is 0.271 e. The highest BCUT2D eigenvalue weighted by molar-refractivity contribution is 9.10. The lowest BCUT2D eigenvalue weighted by Gasteiger charge is -2.34. The summed E-state index contributed by atoms with van der Waals surface area (Å²) in [6.07, 6.45) is 0.838. The van der Waals surface area contributed by atoms with Crippen molar-refractivity contribution in [2.45, 2.75) is 50.2 Å². The average Bonchev–Trinajstić information content (AvgIpc) is 3.05. The molecule has 0 saturated carbocycles. The Labute approximate surface area is 277 Å². The number of non-ortho nitro benzene ring substituents is 1. The molecule has 240 valence electrons. The molecule has 0 unspecified atom stereocenters. The van der Waals surface area contributed by atoms with Crippen molar-refractivity contribution in [2.75, 3.05) is 10.8 Å². The van der Waals surface area contributed by atoms with Crippen LogP contribution in [0.5, 0.6) is 0 Å². The lowest BCUT2D eigenvalue weighted by atomic mass is 10.0. The monoisotopic (exact) mass is 706 g/mol. The second-order valence-electron chi connectivity index (χ2n) is 10.8. The van der Waals surface area contributed by atoms with Crippen molar-refractivity contribution in [1.29, 1.82) is 0 Å². The van der Waals surface area contributed by atoms with E-state index >= 15 is 0 Å². The number of sulfonamides is 1. The number of rotatable bonds is 14. The second kappa shape index (κ2) is 15.6. The molecule has 4 aromatic carbocycles. The molecule has 0 aliphatic rings. The molecule has 0 aliphatic carbocycles. The van der Waals surface area contributed by atoms with Gasteiger partial charge in [-0.2, -0.15) is 0 Å². The lowest BCUT2D eigenvalue weighted by molar-refractivity contribution is -0.384. The molecule has 10 nitrogen and oxygen atoms in total. The number of hydrogen-bond donors (Lipinski definition) is 1. The van der Waals surface area contributed by atoms with E-state index in [0.29, 0.717) is 12.0 Å². The molecule has 2 atom stereocenters. The molecular formula is C34H35BrN4O6S. The molecule has 46 heavy (non-hydrogen) atoms. The van der Waals surface area contributed by atoms with Gasteiger partial charge >= 0.3 is 0 Å². The van der Waals surface area contributed by atoms with Crippen molar-refractivity contribution in [3.8, 4) is 0 Å². The first-order valence-corrected chi connectivity index (χ1v) is 16.9. The van der Waals surface area contributed by atoms with Gasteiger partial charge in [0.2, 0.25) is 11.8 Å². The number of halogens is 1. The topological polar surface area (TPSA) is 130 Å². The van der Waals surface area contributed by atoms with Gasteiger partial charge < -0.3 is 10.2 Å². The third-order valence-electron chi connectivity index (χ3n) is 7.45. The number of carbonyl (C=O) groups is 2. The molecule has 4 rings (SSSR count). The zero-order chi connectivity index (χ0) is 33.3. The zero-order valence-electron chi connectivity index (χ0n) is 25.5. The molecule has 0 aliphatic heterocycles. The van der Waals surface area contributed by atoms with E-state index in [-0.39, 0.29) is 41.2 Å². The molecule has 0 heterocycles. The van der Waals surface area contributed by atoms with Crippen LogP contribution in [0.25, 0.3) is 0 Å². The second-order valence-corrected chi connectivity index (χ2v) is 13.6. The van der Waals surface area contributed by atoms with E-state index in [1.54, 1.807) is 18.2 Å². The molecule has 0 saturated heterocycles. The van der Waals surface area contributed by atoms with Crippen LogP contribution in [0.4, 0.5) is 11.4 Å². The maximum atomic E-state index is 14.5. The van der Waals surface area contributed by atoms with Crippen LogP contribution < -0.4 is 9.62 Å². The Morgan fingerprint density at radius 2 is 1.52 bits per heavy atom. The average molecular weight is 708 g/mol. The van der Waals surface area contributed by atoms with Crippen molar-refractivity contribution >= 4 is 49.1 Å². The summed E-state index contributed by atoms with van der Waals surface area (Å²) < 4.78 is 29.7. The van der Waals surface area contributed by atoms with Gasteiger partial charge in [-0.1, -0.05) is 89.6 Å². The quantitative estimate of drug-likeness (QED) is 0.124. The van der Waals surface area contributed by atoms with Gasteiger partial charge in [0, 0.05) is 35.6 Å². The number of benzene rings is 4. The van der Waals surface area contributed by atoms with Gasteiger partial charge in [0.15, 0.2) is 0 Å². The SMILES string of the molecule is CC[C@H](C)NC(=O)[C@H](Cc1ccccc1)N(Cc1cccc(Br)c1)C(=O)CN(c1cccc([N+](=O)[O-])c1)S(=O)(=O)c1ccccc1. The van der Waals surface area contributed by atoms with Crippen LogP contribution in [-0.2, 0) is 32.6 Å². The first kappa shape index (κ1) is 34.3. The summed E-state index contributed by atoms with van der Waals surface area (Å²) >= 11 is 3.47. The Bertz CT molecular complexity index is 1770. The van der Waals surface area contributed by atoms with Crippen LogP contribution in [0, 0.1) is 10.1 Å². The van der Waals surface area contributed by atoms with Crippen molar-refractivity contribution in [3.63, 3.8) is 0 Å². The molecule has 12 heteroatoms. The highest BCUT2D eigenvalue weighted by atomic mass is 79.9. The number of carbonyl (C=O) groups excluding carboxylic acids is 2. The lowest BCUT2D eigenvalue weighted by Crippen LogP contribution is -2.54. The maximum absolute atomic E-state index is 14.5. The van der Waals surface area contributed by atoms with Gasteiger partial charge in [-0.05, 0) is 54.8 Å². The highest BCUT2D eigenvalue weighted by Gasteiger charge is 2.35. The highest BCUT2D eigenvalue weighted by Crippen LogP contribution is 2.28. The van der Waals surface area contributed by atoms with Gasteiger partial charge in [0.25, 0.3) is 15.7 Å². The van der Waals surface area contributed by atoms with E-state index in [0.717, 1.165) is 20.4 Å². The van der Waals surface area contributed by atoms with Crippen molar-refractivity contribution < 1.29 is 22.9 Å². The Balaban J connectivity index is 1.83. The Morgan fingerprint density at radius 1 is 0.891 bits per heavy atom. The summed E-state index contributed by atoms with van der Waals surface area (Å²) in [6.45, 7) is 3.09. The molecule has 0 fully saturated rings. The van der Waals surface area contributed by atoms with E-state index in [2.05, 4.69) is 21.2 Å². The Morgan fingerprint density at radius 3 is 2.15 bits per heavy atom. The number of nitrogens with one attached hydrogen (secondary N) is 1. The fourth-order valence-corrected chi connectivity index (χ4v) is 6.71. The fourth-order valence-electron chi connectivity index (χ4n) is 4.84. The first-order valence-electron chi connectivity index (χ1n) is 14.7. The number of anilines is 1. The Kier molecular flexibility index (Phi) is 11.7. The zero-order valence-corrected chi connectivity index (χ0v) is 27.9. The van der Waals surface area contributed by atoms with Crippen LogP contribution >= 0.6 is 15.9 Å². The van der Waals surface area contributed by atoms with Gasteiger partial charge in [0.05, 0.1) is 15.5 Å². The molecule has 0 bridgehead atoms. The summed E-state index contributed by atoms with van der Waals surface area (Å²) in [5.41, 5.74) is 1.13. The molecule has 2 amide bonds. The molecule has 0 aromatic heterocycles. The first-order chi connectivity index (χ1) is 22.0. The number of amides is 2. The van der Waals surface area contributed by atoms with Gasteiger partial charge in [-0.3, -0.25) is 24.0 Å². The Hall–Kier alpha value is -4.55. The van der Waals surface area contributed by atoms with E-state index < -0.39 is 33.4 Å². The summed E-state index contributed by atoms with van der Waals surface area (Å²) in [7, 11) is -4.38. The van der Waals surface area contributed by atoms with Gasteiger partial charge in [-0.15, -0.1) is 0 Å². The summed E-state index contributed by atoms with van der Waals surface area (Å²) in [4.78, 5) is 40.7. The van der Waals surface area contributed by atoms with E-state index in [1.165, 1.54) is 35.2 Å². The van der Waals surface area contributed by atoms with Crippen LogP contribution in [0.2, 0.25) is 0 Å². The third kappa shape index (κ3) is 8.79. The van der Waals surface area contributed by atoms with E-state index in [1.807, 2.05) is 68.4 Å². The number of nitro groups is 1. The van der Waals surface area contributed by atoms with E-state index in [4.69, 9.17) is 0 Å². The van der Waals surface area contributed by atoms with Gasteiger partial charge in [0.1, 0.15) is 12.6 Å². The van der Waals surface area contributed by atoms with Crippen molar-refractivity contribution in [3.05, 3.63) is 135 Å². The predicted octanol–water partition coefficient (Wildman–Crippen LogP) is 6.11. The molecule has 1 N–H and O–H groups in total. The molecule has 0 spiro atoms. The normalized spacial score (nSPS) is 12.5. The van der Waals surface area contributed by atoms with E-state index in [9.17, 15) is 28.1 Å². The van der Waals surface area contributed by atoms with Crippen LogP contribution in [0.1, 0.15) is 31.4 Å². The minimum absolute atomic E-state index is 0.00212. The molecule has 0 radical (unpaired) electrons. The van der Waals surface area contributed by atoms with Crippen LogP contribution in [-0.4, -0.2) is 48.7 Å². The summed E-state index contributed by atoms with van der Waals surface area (Å²) in [5.74, 6) is -1.04. The van der Waals surface area contributed by atoms with Crippen LogP contribution in [0.15, 0.2) is 119 Å². The minimum Gasteiger partial charge on any atom is -0.352 e. The summed E-state index contributed by atoms with van der Waals surface area (Å²) in [5, 5.41) is 14.6. The number of nitrogens with zero attached hydrogens (tertiary/aromatic N) is 3. The third-order valence-corrected chi connectivity index (χ3v) is 9.73. The fraction of sp³-hybridized carbons (Fsp3) is 0.235. The largest absolute Gasteiger partial charge is 0.352 e. The predicted molar refractivity (Wildman–Crippen MR) is 181 cm³/mol. The standard InChI is InChI=1S/C34H35BrN4O6S/c1-3-25(2)36-34(41)32(21-26-12-6-4-7-13-26)37(23-27-14-10-15-28(35)20-27)33(40)24-38(29-16-11-17-30(22-29)39(42)43)46(44,45)31-18-8-5-9-19-31/h4-20,22,25,32H,3,21,23-24H2,1-2H3,(H,36,41)/t25-,32-/m0/s1. The van der Waals surface area contributed by atoms with Crippen LogP contribution in [0.3, 0.4) is 0 Å². The minimum atomic E-state index is -4.38. The smallest absolute Gasteiger partial charge is 0.271 e. The molecule has 4 aromatic rings. The van der Waals surface area contributed by atoms with Crippen molar-refractivity contribution in [1.82, 2.24) is 10.2 Å². The molecular weight excluding hydrogens is 672 g/mol. The van der Waals surface area contributed by atoms with Gasteiger partial charge in [-0.25, -0.2) is 8.42 Å². The van der Waals surface area contributed by atoms with Crippen molar-refractivity contribution in [2.24, 2.45) is 0 Å².